The summed E-state index contributed by atoms with van der Waals surface area (Å²) >= 11 is 0. The van der Waals surface area contributed by atoms with Crippen LogP contribution < -0.4 is 0 Å². The van der Waals surface area contributed by atoms with Gasteiger partial charge in [0, 0.05) is 6.61 Å². The second-order valence-electron chi connectivity index (χ2n) is 3.46. The van der Waals surface area contributed by atoms with E-state index < -0.39 is 31.0 Å². The van der Waals surface area contributed by atoms with E-state index in [1.165, 1.54) is 13.8 Å². The van der Waals surface area contributed by atoms with Crippen LogP contribution in [0.3, 0.4) is 0 Å². The van der Waals surface area contributed by atoms with Crippen molar-refractivity contribution >= 4 is 5.97 Å². The SMILES string of the molecule is CCOC(C)C(=O)OCC(C)OCC(F)(F)F. The summed E-state index contributed by atoms with van der Waals surface area (Å²) in [6, 6.07) is 0. The number of esters is 1. The second-order valence-corrected chi connectivity index (χ2v) is 3.46. The highest BCUT2D eigenvalue weighted by Crippen LogP contribution is 2.15. The third kappa shape index (κ3) is 8.93. The first kappa shape index (κ1) is 16.2. The molecule has 0 bridgehead atoms. The molecule has 0 amide bonds. The molecule has 0 fully saturated rings. The number of rotatable bonds is 7. The molecule has 0 heterocycles. The van der Waals surface area contributed by atoms with Gasteiger partial charge in [0.1, 0.15) is 13.2 Å². The average molecular weight is 258 g/mol. The number of carbonyl (C=O) groups excluding carboxylic acids is 1. The average Bonchev–Trinajstić information content (AvgIpc) is 2.22. The summed E-state index contributed by atoms with van der Waals surface area (Å²) < 4.78 is 49.5. The minimum Gasteiger partial charge on any atom is -0.461 e. The quantitative estimate of drug-likeness (QED) is 0.654. The first-order valence-electron chi connectivity index (χ1n) is 5.22. The minimum absolute atomic E-state index is 0.230. The first-order chi connectivity index (χ1) is 7.76. The maximum Gasteiger partial charge on any atom is 0.411 e. The van der Waals surface area contributed by atoms with Crippen molar-refractivity contribution in [2.75, 3.05) is 19.8 Å². The lowest BCUT2D eigenvalue weighted by Gasteiger charge is -2.16. The zero-order chi connectivity index (χ0) is 13.5. The van der Waals surface area contributed by atoms with Gasteiger partial charge in [-0.25, -0.2) is 4.79 Å². The molecule has 0 aromatic heterocycles. The van der Waals surface area contributed by atoms with Gasteiger partial charge in [-0.15, -0.1) is 0 Å². The topological polar surface area (TPSA) is 44.8 Å². The fourth-order valence-electron chi connectivity index (χ4n) is 0.920. The Bertz CT molecular complexity index is 230. The second kappa shape index (κ2) is 7.50. The maximum absolute atomic E-state index is 11.8. The molecule has 4 nitrogen and oxygen atoms in total. The lowest BCUT2D eigenvalue weighted by molar-refractivity contribution is -0.190. The van der Waals surface area contributed by atoms with Crippen LogP contribution in [0.1, 0.15) is 20.8 Å². The Balaban J connectivity index is 3.76. The summed E-state index contributed by atoms with van der Waals surface area (Å²) in [5.74, 6) is -0.616. The largest absolute Gasteiger partial charge is 0.461 e. The normalized spacial score (nSPS) is 15.4. The molecule has 0 N–H and O–H groups in total. The predicted molar refractivity (Wildman–Crippen MR) is 53.5 cm³/mol. The number of hydrogen-bond donors (Lipinski definition) is 0. The summed E-state index contributed by atoms with van der Waals surface area (Å²) in [5, 5.41) is 0. The fraction of sp³-hybridized carbons (Fsp3) is 0.900. The van der Waals surface area contributed by atoms with Crippen LogP contribution in [0.4, 0.5) is 13.2 Å². The Kier molecular flexibility index (Phi) is 7.13. The molecular weight excluding hydrogens is 241 g/mol. The number of carbonyl (C=O) groups is 1. The molecule has 0 aliphatic carbocycles. The smallest absolute Gasteiger partial charge is 0.411 e. The molecule has 7 heteroatoms. The molecule has 2 atom stereocenters. The van der Waals surface area contributed by atoms with E-state index in [9.17, 15) is 18.0 Å². The molecule has 2 unspecified atom stereocenters. The summed E-state index contributed by atoms with van der Waals surface area (Å²) in [5.41, 5.74) is 0. The Morgan fingerprint density at radius 3 is 2.29 bits per heavy atom. The fourth-order valence-corrected chi connectivity index (χ4v) is 0.920. The Morgan fingerprint density at radius 1 is 1.24 bits per heavy atom. The van der Waals surface area contributed by atoms with Gasteiger partial charge in [-0.2, -0.15) is 13.2 Å². The van der Waals surface area contributed by atoms with Gasteiger partial charge in [0.2, 0.25) is 0 Å². The van der Waals surface area contributed by atoms with Gasteiger partial charge in [0.05, 0.1) is 6.10 Å². The van der Waals surface area contributed by atoms with Crippen LogP contribution in [0.25, 0.3) is 0 Å². The van der Waals surface area contributed by atoms with E-state index in [0.29, 0.717) is 6.61 Å². The van der Waals surface area contributed by atoms with Crippen LogP contribution in [0.2, 0.25) is 0 Å². The van der Waals surface area contributed by atoms with Gasteiger partial charge < -0.3 is 14.2 Å². The standard InChI is InChI=1S/C10H17F3O4/c1-4-15-8(3)9(14)16-5-7(2)17-6-10(11,12)13/h7-8H,4-6H2,1-3H3. The van der Waals surface area contributed by atoms with E-state index in [0.717, 1.165) is 0 Å². The van der Waals surface area contributed by atoms with Crippen LogP contribution in [0.5, 0.6) is 0 Å². The Morgan fingerprint density at radius 2 is 1.82 bits per heavy atom. The zero-order valence-electron chi connectivity index (χ0n) is 10.0. The van der Waals surface area contributed by atoms with Crippen molar-refractivity contribution in [1.82, 2.24) is 0 Å². The van der Waals surface area contributed by atoms with E-state index in [1.807, 2.05) is 0 Å². The minimum atomic E-state index is -4.38. The zero-order valence-corrected chi connectivity index (χ0v) is 10.0. The van der Waals surface area contributed by atoms with Crippen molar-refractivity contribution in [2.45, 2.75) is 39.2 Å². The summed E-state index contributed by atoms with van der Waals surface area (Å²) in [4.78, 5) is 11.2. The number of alkyl halides is 3. The molecule has 0 saturated carbocycles. The van der Waals surface area contributed by atoms with Crippen LogP contribution in [0, 0.1) is 0 Å². The van der Waals surface area contributed by atoms with Gasteiger partial charge in [0.25, 0.3) is 0 Å². The Labute approximate surface area is 98.0 Å². The summed E-state index contributed by atoms with van der Waals surface area (Å²) in [6.07, 6.45) is -5.92. The van der Waals surface area contributed by atoms with Gasteiger partial charge in [-0.3, -0.25) is 0 Å². The third-order valence-corrected chi connectivity index (χ3v) is 1.74. The van der Waals surface area contributed by atoms with Crippen molar-refractivity contribution < 1.29 is 32.2 Å². The van der Waals surface area contributed by atoms with E-state index in [4.69, 9.17) is 9.47 Å². The molecule has 0 rings (SSSR count). The Hall–Kier alpha value is -0.820. The van der Waals surface area contributed by atoms with Gasteiger partial charge in [0.15, 0.2) is 6.10 Å². The highest BCUT2D eigenvalue weighted by molar-refractivity contribution is 5.74. The number of hydrogen-bond acceptors (Lipinski definition) is 4. The van der Waals surface area contributed by atoms with Gasteiger partial charge in [-0.1, -0.05) is 0 Å². The van der Waals surface area contributed by atoms with E-state index in [2.05, 4.69) is 4.74 Å². The number of halogens is 3. The van der Waals surface area contributed by atoms with E-state index in [-0.39, 0.29) is 6.61 Å². The highest BCUT2D eigenvalue weighted by atomic mass is 19.4. The van der Waals surface area contributed by atoms with Crippen LogP contribution >= 0.6 is 0 Å². The molecule has 0 aliphatic rings. The predicted octanol–water partition coefficient (Wildman–Crippen LogP) is 1.92. The first-order valence-corrected chi connectivity index (χ1v) is 5.22. The molecule has 102 valence electrons. The van der Waals surface area contributed by atoms with Gasteiger partial charge >= 0.3 is 12.1 Å². The van der Waals surface area contributed by atoms with Crippen molar-refractivity contribution in [1.29, 1.82) is 0 Å². The van der Waals surface area contributed by atoms with Crippen molar-refractivity contribution in [3.63, 3.8) is 0 Å². The molecule has 0 aromatic rings. The lowest BCUT2D eigenvalue weighted by Crippen LogP contribution is -2.29. The van der Waals surface area contributed by atoms with E-state index >= 15 is 0 Å². The van der Waals surface area contributed by atoms with Crippen LogP contribution in [0.15, 0.2) is 0 Å². The van der Waals surface area contributed by atoms with Crippen molar-refractivity contribution in [3.05, 3.63) is 0 Å². The highest BCUT2D eigenvalue weighted by Gasteiger charge is 2.28. The molecular formula is C10H17F3O4. The summed E-state index contributed by atoms with van der Waals surface area (Å²) in [6.45, 7) is 3.39. The van der Waals surface area contributed by atoms with E-state index in [1.54, 1.807) is 6.92 Å². The van der Waals surface area contributed by atoms with Crippen LogP contribution in [-0.4, -0.2) is 44.2 Å². The molecule has 0 saturated heterocycles. The monoisotopic (exact) mass is 258 g/mol. The van der Waals surface area contributed by atoms with Crippen molar-refractivity contribution in [3.8, 4) is 0 Å². The van der Waals surface area contributed by atoms with Gasteiger partial charge in [-0.05, 0) is 20.8 Å². The maximum atomic E-state index is 11.8. The third-order valence-electron chi connectivity index (χ3n) is 1.74. The summed E-state index contributed by atoms with van der Waals surface area (Å²) in [7, 11) is 0. The molecule has 0 aromatic carbocycles. The molecule has 17 heavy (non-hydrogen) atoms. The van der Waals surface area contributed by atoms with Crippen LogP contribution in [-0.2, 0) is 19.0 Å². The molecule has 0 spiro atoms. The number of ether oxygens (including phenoxy) is 3. The lowest BCUT2D eigenvalue weighted by atomic mass is 10.4. The molecule has 0 aliphatic heterocycles. The molecule has 0 radical (unpaired) electrons. The van der Waals surface area contributed by atoms with Crippen molar-refractivity contribution in [2.24, 2.45) is 0 Å².